The van der Waals surface area contributed by atoms with Crippen LogP contribution in [0.3, 0.4) is 0 Å². The van der Waals surface area contributed by atoms with Crippen molar-refractivity contribution in [1.29, 1.82) is 0 Å². The Hall–Kier alpha value is -1.92. The van der Waals surface area contributed by atoms with Crippen molar-refractivity contribution in [1.82, 2.24) is 10.6 Å². The molecule has 0 spiro atoms. The fourth-order valence-electron chi connectivity index (χ4n) is 2.47. The minimum absolute atomic E-state index is 0.00723. The van der Waals surface area contributed by atoms with Gasteiger partial charge in [0.15, 0.2) is 5.96 Å². The Labute approximate surface area is 156 Å². The van der Waals surface area contributed by atoms with Crippen LogP contribution >= 0.6 is 15.9 Å². The SMILES string of the molecule is CN=C(NCCc1ccc(F)c(Br)c1)NCC(CO)c1ccccc1. The number of halogens is 2. The first-order chi connectivity index (χ1) is 12.1. The predicted octanol–water partition coefficient (Wildman–Crippen LogP) is 3.07. The fraction of sp³-hybridized carbons (Fsp3) is 0.316. The summed E-state index contributed by atoms with van der Waals surface area (Å²) in [6.45, 7) is 1.33. The molecule has 1 unspecified atom stereocenters. The molecule has 0 saturated carbocycles. The van der Waals surface area contributed by atoms with Crippen molar-refractivity contribution < 1.29 is 9.50 Å². The van der Waals surface area contributed by atoms with Crippen LogP contribution in [0.5, 0.6) is 0 Å². The van der Waals surface area contributed by atoms with Gasteiger partial charge in [-0.1, -0.05) is 36.4 Å². The van der Waals surface area contributed by atoms with Gasteiger partial charge in [0.05, 0.1) is 11.1 Å². The molecule has 2 rings (SSSR count). The highest BCUT2D eigenvalue weighted by molar-refractivity contribution is 9.10. The molecule has 0 bridgehead atoms. The van der Waals surface area contributed by atoms with Crippen molar-refractivity contribution in [2.45, 2.75) is 12.3 Å². The zero-order valence-electron chi connectivity index (χ0n) is 14.2. The van der Waals surface area contributed by atoms with E-state index in [1.54, 1.807) is 19.2 Å². The van der Waals surface area contributed by atoms with Crippen molar-refractivity contribution in [3.05, 3.63) is 69.9 Å². The maximum Gasteiger partial charge on any atom is 0.191 e. The van der Waals surface area contributed by atoms with E-state index in [9.17, 15) is 9.50 Å². The number of rotatable bonds is 7. The highest BCUT2D eigenvalue weighted by Crippen LogP contribution is 2.17. The highest BCUT2D eigenvalue weighted by atomic mass is 79.9. The van der Waals surface area contributed by atoms with Gasteiger partial charge in [0.2, 0.25) is 0 Å². The number of aliphatic hydroxyl groups excluding tert-OH is 1. The van der Waals surface area contributed by atoms with E-state index in [2.05, 4.69) is 31.6 Å². The summed E-state index contributed by atoms with van der Waals surface area (Å²) in [6.07, 6.45) is 0.752. The van der Waals surface area contributed by atoms with Gasteiger partial charge in [0.25, 0.3) is 0 Å². The third kappa shape index (κ3) is 6.14. The zero-order chi connectivity index (χ0) is 18.1. The van der Waals surface area contributed by atoms with Crippen LogP contribution in [0.2, 0.25) is 0 Å². The van der Waals surface area contributed by atoms with E-state index in [4.69, 9.17) is 0 Å². The first kappa shape index (κ1) is 19.4. The number of aliphatic hydroxyl groups is 1. The minimum atomic E-state index is -0.259. The van der Waals surface area contributed by atoms with Gasteiger partial charge in [-0.25, -0.2) is 4.39 Å². The van der Waals surface area contributed by atoms with Gasteiger partial charge in [-0.3, -0.25) is 4.99 Å². The molecule has 4 nitrogen and oxygen atoms in total. The lowest BCUT2D eigenvalue weighted by Crippen LogP contribution is -2.40. The zero-order valence-corrected chi connectivity index (χ0v) is 15.8. The van der Waals surface area contributed by atoms with Crippen LogP contribution in [-0.4, -0.2) is 37.8 Å². The van der Waals surface area contributed by atoms with Gasteiger partial charge in [0.1, 0.15) is 5.82 Å². The molecule has 1 atom stereocenters. The van der Waals surface area contributed by atoms with Gasteiger partial charge in [-0.05, 0) is 45.6 Å². The molecule has 0 heterocycles. The standard InChI is InChI=1S/C19H23BrFN3O/c1-22-19(23-10-9-14-7-8-18(21)17(20)11-14)24-12-16(13-25)15-5-3-2-4-6-15/h2-8,11,16,25H,9-10,12-13H2,1H3,(H2,22,23,24). The fourth-order valence-corrected chi connectivity index (χ4v) is 2.90. The molecule has 0 aliphatic heterocycles. The highest BCUT2D eigenvalue weighted by Gasteiger charge is 2.10. The number of hydrogen-bond donors (Lipinski definition) is 3. The smallest absolute Gasteiger partial charge is 0.191 e. The van der Waals surface area contributed by atoms with E-state index in [1.165, 1.54) is 6.07 Å². The van der Waals surface area contributed by atoms with Crippen LogP contribution in [0, 0.1) is 5.82 Å². The van der Waals surface area contributed by atoms with Gasteiger partial charge >= 0.3 is 0 Å². The van der Waals surface area contributed by atoms with Gasteiger partial charge < -0.3 is 15.7 Å². The normalized spacial score (nSPS) is 12.7. The van der Waals surface area contributed by atoms with Crippen LogP contribution in [0.25, 0.3) is 0 Å². The molecule has 0 aromatic heterocycles. The first-order valence-corrected chi connectivity index (χ1v) is 8.97. The lowest BCUT2D eigenvalue weighted by Gasteiger charge is -2.18. The Kier molecular flexibility index (Phi) is 7.88. The van der Waals surface area contributed by atoms with Crippen LogP contribution in [0.1, 0.15) is 17.0 Å². The Morgan fingerprint density at radius 3 is 2.60 bits per heavy atom. The summed E-state index contributed by atoms with van der Waals surface area (Å²) in [5, 5.41) is 16.1. The summed E-state index contributed by atoms with van der Waals surface area (Å²) >= 11 is 3.20. The quantitative estimate of drug-likeness (QED) is 0.488. The van der Waals surface area contributed by atoms with Crippen molar-refractivity contribution in [3.63, 3.8) is 0 Å². The molecule has 134 valence electrons. The van der Waals surface area contributed by atoms with Gasteiger partial charge in [-0.2, -0.15) is 0 Å². The van der Waals surface area contributed by atoms with Crippen molar-refractivity contribution in [2.75, 3.05) is 26.7 Å². The topological polar surface area (TPSA) is 56.7 Å². The van der Waals surface area contributed by atoms with E-state index in [0.717, 1.165) is 17.5 Å². The molecular weight excluding hydrogens is 385 g/mol. The third-order valence-corrected chi connectivity index (χ3v) is 4.53. The van der Waals surface area contributed by atoms with E-state index in [0.29, 0.717) is 23.5 Å². The average molecular weight is 408 g/mol. The molecule has 0 amide bonds. The average Bonchev–Trinajstić information content (AvgIpc) is 2.64. The molecule has 2 aromatic rings. The lowest BCUT2D eigenvalue weighted by atomic mass is 10.0. The number of nitrogens with one attached hydrogen (secondary N) is 2. The van der Waals surface area contributed by atoms with Gasteiger partial charge in [-0.15, -0.1) is 0 Å². The van der Waals surface area contributed by atoms with Crippen LogP contribution in [0.15, 0.2) is 58.0 Å². The van der Waals surface area contributed by atoms with Crippen molar-refractivity contribution in [2.24, 2.45) is 4.99 Å². The monoisotopic (exact) mass is 407 g/mol. The van der Waals surface area contributed by atoms with Crippen molar-refractivity contribution >= 4 is 21.9 Å². The van der Waals surface area contributed by atoms with Crippen molar-refractivity contribution in [3.8, 4) is 0 Å². The van der Waals surface area contributed by atoms with Crippen LogP contribution < -0.4 is 10.6 Å². The molecule has 0 aliphatic rings. The maximum absolute atomic E-state index is 13.2. The number of nitrogens with zero attached hydrogens (tertiary/aromatic N) is 1. The molecule has 0 radical (unpaired) electrons. The Bertz CT molecular complexity index is 694. The summed E-state index contributed by atoms with van der Waals surface area (Å²) in [4.78, 5) is 4.19. The second-order valence-electron chi connectivity index (χ2n) is 5.67. The predicted molar refractivity (Wildman–Crippen MR) is 103 cm³/mol. The second kappa shape index (κ2) is 10.2. The molecule has 2 aromatic carbocycles. The minimum Gasteiger partial charge on any atom is -0.396 e. The summed E-state index contributed by atoms with van der Waals surface area (Å²) < 4.78 is 13.7. The number of guanidine groups is 1. The summed E-state index contributed by atoms with van der Waals surface area (Å²) in [6, 6.07) is 14.9. The van der Waals surface area contributed by atoms with E-state index >= 15 is 0 Å². The first-order valence-electron chi connectivity index (χ1n) is 8.18. The molecule has 0 fully saturated rings. The van der Waals surface area contributed by atoms with Gasteiger partial charge in [0, 0.05) is 26.1 Å². The molecule has 0 saturated heterocycles. The summed E-state index contributed by atoms with van der Waals surface area (Å²) in [5.74, 6) is 0.425. The Morgan fingerprint density at radius 1 is 1.20 bits per heavy atom. The Balaban J connectivity index is 1.81. The number of aliphatic imine (C=N–C) groups is 1. The van der Waals surface area contributed by atoms with E-state index in [-0.39, 0.29) is 18.3 Å². The number of benzene rings is 2. The van der Waals surface area contributed by atoms with E-state index in [1.807, 2.05) is 30.3 Å². The Morgan fingerprint density at radius 2 is 1.96 bits per heavy atom. The number of hydrogen-bond acceptors (Lipinski definition) is 2. The molecule has 3 N–H and O–H groups in total. The summed E-state index contributed by atoms with van der Waals surface area (Å²) in [7, 11) is 1.71. The maximum atomic E-state index is 13.2. The molecule has 25 heavy (non-hydrogen) atoms. The third-order valence-electron chi connectivity index (χ3n) is 3.92. The molecular formula is C19H23BrFN3O. The summed E-state index contributed by atoms with van der Waals surface area (Å²) in [5.41, 5.74) is 2.12. The molecule has 0 aliphatic carbocycles. The largest absolute Gasteiger partial charge is 0.396 e. The second-order valence-corrected chi connectivity index (χ2v) is 6.52. The molecule has 6 heteroatoms. The van der Waals surface area contributed by atoms with Crippen LogP contribution in [0.4, 0.5) is 4.39 Å². The van der Waals surface area contributed by atoms with Crippen LogP contribution in [-0.2, 0) is 6.42 Å². The van der Waals surface area contributed by atoms with E-state index < -0.39 is 0 Å². The lowest BCUT2D eigenvalue weighted by molar-refractivity contribution is 0.265.